The third kappa shape index (κ3) is 6.87. The SMILES string of the molecule is C[C@H](OC1CCCCO1)c1nccn1Cc1cc(-c2ccc(C#Cc3ccc(CNc4nnco4)nc3)cc2)on1. The van der Waals surface area contributed by atoms with Gasteiger partial charge < -0.3 is 28.3 Å². The predicted octanol–water partition coefficient (Wildman–Crippen LogP) is 4.98. The van der Waals surface area contributed by atoms with Crippen molar-refractivity contribution < 1.29 is 18.4 Å². The van der Waals surface area contributed by atoms with Gasteiger partial charge in [0.05, 0.1) is 18.8 Å². The van der Waals surface area contributed by atoms with Crippen LogP contribution in [0.3, 0.4) is 0 Å². The molecule has 0 amide bonds. The minimum Gasteiger partial charge on any atom is -0.411 e. The molecule has 1 N–H and O–H groups in total. The van der Waals surface area contributed by atoms with Crippen LogP contribution in [0.25, 0.3) is 11.3 Å². The summed E-state index contributed by atoms with van der Waals surface area (Å²) in [4.78, 5) is 8.93. The Morgan fingerprint density at radius 2 is 1.95 bits per heavy atom. The normalized spacial score (nSPS) is 15.7. The van der Waals surface area contributed by atoms with E-state index in [4.69, 9.17) is 18.4 Å². The first-order valence-electron chi connectivity index (χ1n) is 13.5. The number of benzene rings is 1. The Labute approximate surface area is 236 Å². The monoisotopic (exact) mass is 551 g/mol. The second kappa shape index (κ2) is 12.6. The maximum absolute atomic E-state index is 6.10. The van der Waals surface area contributed by atoms with Gasteiger partial charge in [-0.15, -0.1) is 5.10 Å². The molecule has 0 radical (unpaired) electrons. The highest BCUT2D eigenvalue weighted by molar-refractivity contribution is 5.59. The van der Waals surface area contributed by atoms with Crippen molar-refractivity contribution in [2.24, 2.45) is 0 Å². The molecule has 1 fully saturated rings. The van der Waals surface area contributed by atoms with Crippen LogP contribution in [0.4, 0.5) is 6.01 Å². The van der Waals surface area contributed by atoms with E-state index >= 15 is 0 Å². The number of rotatable bonds is 9. The minimum atomic E-state index is -0.193. The lowest BCUT2D eigenvalue weighted by atomic mass is 10.1. The molecule has 208 valence electrons. The standard InChI is InChI=1S/C30H29N7O4/c1-21(40-28-4-2-3-15-38-28)29-31-13-14-37(29)19-26-16-27(41-36-26)24-10-7-22(8-11-24)5-6-23-9-12-25(32-17-23)18-33-30-35-34-20-39-30/h7-14,16-17,20-21,28H,2-4,15,18-19H2,1H3,(H,33,35)/t21-,28?/m0/s1. The Balaban J connectivity index is 1.05. The number of ether oxygens (including phenoxy) is 2. The number of pyridine rings is 1. The first-order valence-corrected chi connectivity index (χ1v) is 13.5. The summed E-state index contributed by atoms with van der Waals surface area (Å²) < 4.78 is 24.6. The van der Waals surface area contributed by atoms with E-state index in [1.807, 2.05) is 60.2 Å². The summed E-state index contributed by atoms with van der Waals surface area (Å²) in [5.41, 5.74) is 4.26. The molecule has 11 nitrogen and oxygen atoms in total. The topological polar surface area (TPSA) is 126 Å². The third-order valence-electron chi connectivity index (χ3n) is 6.62. The van der Waals surface area contributed by atoms with Crippen LogP contribution < -0.4 is 5.32 Å². The summed E-state index contributed by atoms with van der Waals surface area (Å²) in [6.07, 6.45) is 9.46. The Morgan fingerprint density at radius 3 is 2.73 bits per heavy atom. The van der Waals surface area contributed by atoms with Gasteiger partial charge in [-0.3, -0.25) is 4.98 Å². The van der Waals surface area contributed by atoms with Crippen LogP contribution in [0.15, 0.2) is 76.4 Å². The van der Waals surface area contributed by atoms with Gasteiger partial charge in [-0.05, 0) is 62.6 Å². The molecule has 0 aliphatic carbocycles. The number of nitrogens with zero attached hydrogens (tertiary/aromatic N) is 6. The maximum atomic E-state index is 6.10. The van der Waals surface area contributed by atoms with Crippen LogP contribution in [0.5, 0.6) is 0 Å². The Morgan fingerprint density at radius 1 is 1.07 bits per heavy atom. The van der Waals surface area contributed by atoms with Gasteiger partial charge in [0, 0.05) is 48.0 Å². The molecule has 2 atom stereocenters. The molecule has 5 aromatic rings. The lowest BCUT2D eigenvalue weighted by Crippen LogP contribution is -2.24. The Bertz CT molecular complexity index is 1590. The van der Waals surface area contributed by atoms with Crippen molar-refractivity contribution in [3.63, 3.8) is 0 Å². The Kier molecular flexibility index (Phi) is 8.12. The van der Waals surface area contributed by atoms with Gasteiger partial charge in [-0.1, -0.05) is 22.1 Å². The molecule has 6 rings (SSSR count). The van der Waals surface area contributed by atoms with Gasteiger partial charge >= 0.3 is 6.01 Å². The zero-order chi connectivity index (χ0) is 27.9. The van der Waals surface area contributed by atoms with Gasteiger partial charge in [0.15, 0.2) is 12.1 Å². The van der Waals surface area contributed by atoms with Gasteiger partial charge in [0.1, 0.15) is 17.6 Å². The van der Waals surface area contributed by atoms with Gasteiger partial charge in [-0.25, -0.2) is 4.98 Å². The largest absolute Gasteiger partial charge is 0.411 e. The van der Waals surface area contributed by atoms with Gasteiger partial charge in [0.25, 0.3) is 0 Å². The molecule has 0 bridgehead atoms. The summed E-state index contributed by atoms with van der Waals surface area (Å²) in [5.74, 6) is 7.85. The van der Waals surface area contributed by atoms with Crippen molar-refractivity contribution in [1.29, 1.82) is 0 Å². The van der Waals surface area contributed by atoms with E-state index in [1.54, 1.807) is 12.4 Å². The molecule has 0 saturated carbocycles. The molecule has 5 heterocycles. The molecular formula is C30H29N7O4. The van der Waals surface area contributed by atoms with Gasteiger partial charge in [-0.2, -0.15) is 0 Å². The number of aromatic nitrogens is 6. The molecule has 1 aliphatic rings. The van der Waals surface area contributed by atoms with E-state index < -0.39 is 0 Å². The second-order valence-corrected chi connectivity index (χ2v) is 9.63. The van der Waals surface area contributed by atoms with Crippen molar-refractivity contribution in [2.45, 2.75) is 51.7 Å². The van der Waals surface area contributed by atoms with E-state index in [1.165, 1.54) is 6.39 Å². The molecule has 1 aromatic carbocycles. The highest BCUT2D eigenvalue weighted by atomic mass is 16.7. The number of hydrogen-bond acceptors (Lipinski definition) is 10. The van der Waals surface area contributed by atoms with Crippen molar-refractivity contribution >= 4 is 6.01 Å². The fraction of sp³-hybridized carbons (Fsp3) is 0.300. The average molecular weight is 552 g/mol. The first-order chi connectivity index (χ1) is 20.2. The number of imidazole rings is 1. The third-order valence-corrected chi connectivity index (χ3v) is 6.62. The van der Waals surface area contributed by atoms with E-state index in [9.17, 15) is 0 Å². The fourth-order valence-corrected chi connectivity index (χ4v) is 4.50. The zero-order valence-electron chi connectivity index (χ0n) is 22.6. The van der Waals surface area contributed by atoms with Crippen LogP contribution in [0, 0.1) is 11.8 Å². The van der Waals surface area contributed by atoms with Crippen molar-refractivity contribution in [1.82, 2.24) is 29.9 Å². The minimum absolute atomic E-state index is 0.177. The smallest absolute Gasteiger partial charge is 0.315 e. The maximum Gasteiger partial charge on any atom is 0.315 e. The van der Waals surface area contributed by atoms with Crippen LogP contribution in [0.1, 0.15) is 60.6 Å². The molecular weight excluding hydrogens is 522 g/mol. The zero-order valence-corrected chi connectivity index (χ0v) is 22.6. The van der Waals surface area contributed by atoms with Gasteiger partial charge in [0.2, 0.25) is 6.39 Å². The Hall–Kier alpha value is -4.79. The fourth-order valence-electron chi connectivity index (χ4n) is 4.50. The predicted molar refractivity (Wildman–Crippen MR) is 148 cm³/mol. The number of anilines is 1. The van der Waals surface area contributed by atoms with Crippen molar-refractivity contribution in [3.05, 3.63) is 95.8 Å². The second-order valence-electron chi connectivity index (χ2n) is 9.63. The summed E-state index contributed by atoms with van der Waals surface area (Å²) in [6.45, 7) is 3.75. The molecule has 41 heavy (non-hydrogen) atoms. The quantitative estimate of drug-likeness (QED) is 0.251. The summed E-state index contributed by atoms with van der Waals surface area (Å²) in [5, 5.41) is 14.7. The lowest BCUT2D eigenvalue weighted by molar-refractivity contribution is -0.188. The molecule has 1 saturated heterocycles. The van der Waals surface area contributed by atoms with Crippen molar-refractivity contribution in [3.8, 4) is 23.2 Å². The van der Waals surface area contributed by atoms with E-state index in [2.05, 4.69) is 42.5 Å². The van der Waals surface area contributed by atoms with Crippen molar-refractivity contribution in [2.75, 3.05) is 11.9 Å². The average Bonchev–Trinajstić information content (AvgIpc) is 3.80. The number of nitrogens with one attached hydrogen (secondary N) is 1. The molecule has 11 heteroatoms. The van der Waals surface area contributed by atoms with Crippen LogP contribution >= 0.6 is 0 Å². The van der Waals surface area contributed by atoms with Crippen LogP contribution in [-0.2, 0) is 22.6 Å². The first kappa shape index (κ1) is 26.4. The number of hydrogen-bond donors (Lipinski definition) is 1. The summed E-state index contributed by atoms with van der Waals surface area (Å²) in [7, 11) is 0. The molecule has 4 aromatic heterocycles. The van der Waals surface area contributed by atoms with Crippen LogP contribution in [-0.4, -0.2) is 42.8 Å². The molecule has 1 aliphatic heterocycles. The summed E-state index contributed by atoms with van der Waals surface area (Å²) in [6, 6.07) is 14.0. The molecule has 1 unspecified atom stereocenters. The lowest BCUT2D eigenvalue weighted by Gasteiger charge is -2.26. The highest BCUT2D eigenvalue weighted by Gasteiger charge is 2.21. The summed E-state index contributed by atoms with van der Waals surface area (Å²) >= 11 is 0. The van der Waals surface area contributed by atoms with Crippen LogP contribution in [0.2, 0.25) is 0 Å². The van der Waals surface area contributed by atoms with E-state index in [-0.39, 0.29) is 12.4 Å². The molecule has 0 spiro atoms. The highest BCUT2D eigenvalue weighted by Crippen LogP contribution is 2.25. The van der Waals surface area contributed by atoms with E-state index in [0.717, 1.165) is 59.8 Å². The van der Waals surface area contributed by atoms with E-state index in [0.29, 0.717) is 24.9 Å².